The molecule has 3 rings (SSSR count). The maximum absolute atomic E-state index is 10.1. The Balaban J connectivity index is 0.000000158. The largest absolute Gasteiger partial charge is 0.475 e. The Kier molecular flexibility index (Phi) is 7.90. The lowest BCUT2D eigenvalue weighted by Crippen LogP contribution is -2.01. The quantitative estimate of drug-likeness (QED) is 0.739. The number of aromatic carboxylic acids is 1. The van der Waals surface area contributed by atoms with Crippen molar-refractivity contribution in [1.29, 1.82) is 0 Å². The van der Waals surface area contributed by atoms with E-state index < -0.39 is 5.97 Å². The van der Waals surface area contributed by atoms with Crippen LogP contribution in [0.1, 0.15) is 10.6 Å². The van der Waals surface area contributed by atoms with E-state index in [1.54, 1.807) is 41.5 Å². The summed E-state index contributed by atoms with van der Waals surface area (Å²) in [5, 5.41) is 10.2. The van der Waals surface area contributed by atoms with Crippen molar-refractivity contribution in [3.63, 3.8) is 0 Å². The summed E-state index contributed by atoms with van der Waals surface area (Å²) in [4.78, 5) is 24.5. The van der Waals surface area contributed by atoms with Crippen LogP contribution in [-0.2, 0) is 0 Å². The van der Waals surface area contributed by atoms with Gasteiger partial charge in [-0.1, -0.05) is 6.07 Å². The maximum atomic E-state index is 10.1. The molecule has 0 aliphatic carbocycles. The highest BCUT2D eigenvalue weighted by Crippen LogP contribution is 1.86. The molecule has 0 aliphatic heterocycles. The van der Waals surface area contributed by atoms with Crippen molar-refractivity contribution in [2.24, 2.45) is 0 Å². The number of carbonyl (C=O) groups is 1. The van der Waals surface area contributed by atoms with Gasteiger partial charge in [-0.3, -0.25) is 9.97 Å². The summed E-state index contributed by atoms with van der Waals surface area (Å²) in [6, 6.07) is 7.28. The van der Waals surface area contributed by atoms with Gasteiger partial charge in [-0.05, 0) is 18.2 Å². The van der Waals surface area contributed by atoms with E-state index in [1.807, 2.05) is 23.6 Å². The molecule has 7 heteroatoms. The van der Waals surface area contributed by atoms with Crippen molar-refractivity contribution in [3.05, 3.63) is 72.0 Å². The van der Waals surface area contributed by atoms with Gasteiger partial charge in [0.15, 0.2) is 0 Å². The highest BCUT2D eigenvalue weighted by atomic mass is 32.1. The van der Waals surface area contributed by atoms with Gasteiger partial charge in [0, 0.05) is 36.4 Å². The van der Waals surface area contributed by atoms with Crippen LogP contribution >= 0.6 is 11.3 Å². The number of carboxylic acid groups (broad SMARTS) is 1. The van der Waals surface area contributed by atoms with Crippen LogP contribution < -0.4 is 0 Å². The van der Waals surface area contributed by atoms with E-state index >= 15 is 0 Å². The lowest BCUT2D eigenvalue weighted by Gasteiger charge is -1.86. The molecule has 0 unspecified atom stereocenters. The molecule has 0 atom stereocenters. The Morgan fingerprint density at radius 3 is 1.85 bits per heavy atom. The number of pyridine rings is 1. The highest BCUT2D eigenvalue weighted by molar-refractivity contribution is 7.07. The summed E-state index contributed by atoms with van der Waals surface area (Å²) in [7, 11) is 0. The van der Waals surface area contributed by atoms with Gasteiger partial charge >= 0.3 is 5.97 Å². The van der Waals surface area contributed by atoms with Crippen LogP contribution in [0.25, 0.3) is 0 Å². The van der Waals surface area contributed by atoms with Crippen LogP contribution in [0.5, 0.6) is 0 Å². The molecule has 0 aliphatic rings. The van der Waals surface area contributed by atoms with E-state index in [4.69, 9.17) is 5.11 Å². The van der Waals surface area contributed by atoms with Crippen molar-refractivity contribution >= 4 is 17.3 Å². The molecule has 0 saturated heterocycles. The Bertz CT molecular complexity index is 518. The molecule has 6 nitrogen and oxygen atoms in total. The van der Waals surface area contributed by atoms with Gasteiger partial charge in [0.2, 0.25) is 5.82 Å². The minimum atomic E-state index is -1.10. The predicted molar refractivity (Wildman–Crippen MR) is 75.3 cm³/mol. The highest BCUT2D eigenvalue weighted by Gasteiger charge is 2.01. The van der Waals surface area contributed by atoms with E-state index in [1.165, 1.54) is 12.4 Å². The van der Waals surface area contributed by atoms with E-state index in [-0.39, 0.29) is 5.82 Å². The number of aromatic nitrogens is 4. The van der Waals surface area contributed by atoms with Crippen molar-refractivity contribution < 1.29 is 9.90 Å². The molecule has 0 fully saturated rings. The first-order chi connectivity index (χ1) is 9.80. The van der Waals surface area contributed by atoms with Gasteiger partial charge < -0.3 is 5.11 Å². The Labute approximate surface area is 119 Å². The topological polar surface area (TPSA) is 88.9 Å². The second kappa shape index (κ2) is 10.3. The van der Waals surface area contributed by atoms with Crippen molar-refractivity contribution in [2.45, 2.75) is 0 Å². The zero-order valence-electron chi connectivity index (χ0n) is 10.4. The van der Waals surface area contributed by atoms with E-state index in [0.717, 1.165) is 0 Å². The number of hydrogen-bond acceptors (Lipinski definition) is 6. The Morgan fingerprint density at radius 2 is 1.60 bits per heavy atom. The van der Waals surface area contributed by atoms with Gasteiger partial charge in [0.05, 0.1) is 5.51 Å². The predicted octanol–water partition coefficient (Wildman–Crippen LogP) is 2.40. The summed E-state index contributed by atoms with van der Waals surface area (Å²) >= 11 is 1.60. The Hall–Kier alpha value is -2.67. The van der Waals surface area contributed by atoms with Gasteiger partial charge in [0.25, 0.3) is 0 Å². The second-order valence-corrected chi connectivity index (χ2v) is 3.83. The molecule has 0 aromatic carbocycles. The number of thiazole rings is 1. The zero-order chi connectivity index (χ0) is 14.5. The van der Waals surface area contributed by atoms with Gasteiger partial charge in [0.1, 0.15) is 0 Å². The van der Waals surface area contributed by atoms with Crippen LogP contribution in [0.15, 0.2) is 66.1 Å². The van der Waals surface area contributed by atoms with Gasteiger partial charge in [-0.25, -0.2) is 14.8 Å². The molecule has 3 heterocycles. The van der Waals surface area contributed by atoms with Crippen LogP contribution in [0.2, 0.25) is 0 Å². The Morgan fingerprint density at radius 1 is 0.900 bits per heavy atom. The molecule has 20 heavy (non-hydrogen) atoms. The summed E-state index contributed by atoms with van der Waals surface area (Å²) in [6.45, 7) is 0. The van der Waals surface area contributed by atoms with Crippen LogP contribution in [0.4, 0.5) is 0 Å². The minimum Gasteiger partial charge on any atom is -0.475 e. The van der Waals surface area contributed by atoms with Crippen LogP contribution in [0, 0.1) is 0 Å². The van der Waals surface area contributed by atoms with Crippen LogP contribution in [-0.4, -0.2) is 31.0 Å². The molecule has 0 spiro atoms. The minimum absolute atomic E-state index is 0.169. The molecular formula is C13H12N4O2S. The first-order valence-corrected chi connectivity index (χ1v) is 6.42. The van der Waals surface area contributed by atoms with Crippen molar-refractivity contribution in [1.82, 2.24) is 19.9 Å². The molecule has 1 N–H and O–H groups in total. The third kappa shape index (κ3) is 7.62. The smallest absolute Gasteiger partial charge is 0.373 e. The standard InChI is InChI=1S/C5H4N2O2.C5H5N.C3H3NS/c8-5(9)4-6-2-1-3-7-4;1-2-4-6-5-3-1;1-2-5-3-4-1/h1-3H,(H,8,9);1-5H;1-3H. The van der Waals surface area contributed by atoms with E-state index in [0.29, 0.717) is 0 Å². The first-order valence-electron chi connectivity index (χ1n) is 5.48. The number of carboxylic acids is 1. The average molecular weight is 288 g/mol. The number of hydrogen-bond donors (Lipinski definition) is 1. The molecule has 0 saturated carbocycles. The first kappa shape index (κ1) is 15.4. The number of nitrogens with zero attached hydrogens (tertiary/aromatic N) is 4. The molecule has 0 amide bonds. The lowest BCUT2D eigenvalue weighted by molar-refractivity contribution is 0.0683. The normalized spacial score (nSPS) is 8.40. The van der Waals surface area contributed by atoms with E-state index in [9.17, 15) is 4.79 Å². The third-order valence-electron chi connectivity index (χ3n) is 1.67. The van der Waals surface area contributed by atoms with Gasteiger partial charge in [-0.15, -0.1) is 11.3 Å². The molecule has 0 radical (unpaired) electrons. The average Bonchev–Trinajstić information content (AvgIpc) is 3.10. The van der Waals surface area contributed by atoms with E-state index in [2.05, 4.69) is 19.9 Å². The zero-order valence-corrected chi connectivity index (χ0v) is 11.2. The SMILES string of the molecule is O=C(O)c1ncccn1.c1ccncc1.c1cscn1. The fraction of sp³-hybridized carbons (Fsp3) is 0. The van der Waals surface area contributed by atoms with Crippen molar-refractivity contribution in [3.8, 4) is 0 Å². The fourth-order valence-corrected chi connectivity index (χ4v) is 1.25. The maximum Gasteiger partial charge on any atom is 0.373 e. The molecule has 3 aromatic rings. The van der Waals surface area contributed by atoms with Crippen molar-refractivity contribution in [2.75, 3.05) is 0 Å². The lowest BCUT2D eigenvalue weighted by atomic mass is 10.5. The van der Waals surface area contributed by atoms with Gasteiger partial charge in [-0.2, -0.15) is 0 Å². The molecule has 102 valence electrons. The summed E-state index contributed by atoms with van der Waals surface area (Å²) in [6.07, 6.45) is 8.04. The van der Waals surface area contributed by atoms with Crippen LogP contribution in [0.3, 0.4) is 0 Å². The summed E-state index contributed by atoms with van der Waals surface area (Å²) in [5.41, 5.74) is 1.79. The fourth-order valence-electron chi connectivity index (χ4n) is 0.898. The monoisotopic (exact) mass is 288 g/mol. The summed E-state index contributed by atoms with van der Waals surface area (Å²) < 4.78 is 0. The molecular weight excluding hydrogens is 276 g/mol. The third-order valence-corrected chi connectivity index (χ3v) is 2.19. The second-order valence-electron chi connectivity index (χ2n) is 3.08. The summed E-state index contributed by atoms with van der Waals surface area (Å²) in [5.74, 6) is -1.27. The number of rotatable bonds is 1. The molecule has 0 bridgehead atoms. The molecule has 3 aromatic heterocycles.